The Morgan fingerprint density at radius 2 is 1.71 bits per heavy atom. The van der Waals surface area contributed by atoms with Crippen molar-refractivity contribution in [1.29, 1.82) is 0 Å². The van der Waals surface area contributed by atoms with Gasteiger partial charge in [0.15, 0.2) is 0 Å². The summed E-state index contributed by atoms with van der Waals surface area (Å²) in [6.07, 6.45) is -3.57. The molecule has 6 heteroatoms. The zero-order valence-electron chi connectivity index (χ0n) is 13.2. The standard InChI is InChI=1S/C18H18F3NO.ClH/c1-22-11-10-13-4-2-3-5-16(13)17(12-22)23-15-8-6-14(7-9-15)18(19,20)21;/h2-9,17H,10-12H2,1H3;1H. The molecular formula is C18H19ClF3NO. The van der Waals surface area contributed by atoms with Gasteiger partial charge in [-0.3, -0.25) is 0 Å². The number of hydrogen-bond acceptors (Lipinski definition) is 2. The highest BCUT2D eigenvalue weighted by molar-refractivity contribution is 5.85. The largest absolute Gasteiger partial charge is 0.484 e. The van der Waals surface area contributed by atoms with E-state index < -0.39 is 11.7 Å². The summed E-state index contributed by atoms with van der Waals surface area (Å²) in [4.78, 5) is 2.18. The van der Waals surface area contributed by atoms with Crippen molar-refractivity contribution in [3.05, 3.63) is 65.2 Å². The molecule has 0 fully saturated rings. The molecule has 1 aliphatic heterocycles. The smallest absolute Gasteiger partial charge is 0.416 e. The van der Waals surface area contributed by atoms with Crippen LogP contribution in [0.15, 0.2) is 48.5 Å². The molecule has 0 amide bonds. The van der Waals surface area contributed by atoms with Gasteiger partial charge in [0.2, 0.25) is 0 Å². The maximum absolute atomic E-state index is 12.6. The summed E-state index contributed by atoms with van der Waals surface area (Å²) in [5, 5.41) is 0. The second-order valence-electron chi connectivity index (χ2n) is 5.84. The van der Waals surface area contributed by atoms with Crippen LogP contribution < -0.4 is 4.74 Å². The van der Waals surface area contributed by atoms with E-state index >= 15 is 0 Å². The minimum absolute atomic E-state index is 0. The lowest BCUT2D eigenvalue weighted by Gasteiger charge is -2.23. The van der Waals surface area contributed by atoms with Crippen molar-refractivity contribution in [3.8, 4) is 5.75 Å². The number of benzene rings is 2. The Hall–Kier alpha value is -1.72. The molecule has 2 aromatic rings. The van der Waals surface area contributed by atoms with E-state index in [0.717, 1.165) is 30.7 Å². The molecule has 0 bridgehead atoms. The second kappa shape index (κ2) is 7.45. The zero-order valence-corrected chi connectivity index (χ0v) is 14.0. The van der Waals surface area contributed by atoms with Crippen molar-refractivity contribution in [2.75, 3.05) is 20.1 Å². The predicted molar refractivity (Wildman–Crippen MR) is 89.7 cm³/mol. The first kappa shape index (κ1) is 18.6. The highest BCUT2D eigenvalue weighted by Gasteiger charge is 2.30. The third-order valence-electron chi connectivity index (χ3n) is 4.10. The maximum Gasteiger partial charge on any atom is 0.416 e. The Kier molecular flexibility index (Phi) is 5.78. The molecule has 2 nitrogen and oxygen atoms in total. The molecule has 1 heterocycles. The average molecular weight is 358 g/mol. The van der Waals surface area contributed by atoms with Crippen LogP contribution in [0.2, 0.25) is 0 Å². The molecule has 3 rings (SSSR count). The van der Waals surface area contributed by atoms with Crippen LogP contribution in [0.4, 0.5) is 13.2 Å². The Labute approximate surface area is 145 Å². The molecule has 0 saturated heterocycles. The Morgan fingerprint density at radius 3 is 2.38 bits per heavy atom. The SMILES string of the molecule is CN1CCc2ccccc2C(Oc2ccc(C(F)(F)F)cc2)C1.Cl. The van der Waals surface area contributed by atoms with Gasteiger partial charge in [-0.1, -0.05) is 24.3 Å². The van der Waals surface area contributed by atoms with E-state index in [1.54, 1.807) is 0 Å². The van der Waals surface area contributed by atoms with E-state index in [0.29, 0.717) is 12.3 Å². The molecule has 1 atom stereocenters. The van der Waals surface area contributed by atoms with E-state index in [1.165, 1.54) is 17.7 Å². The highest BCUT2D eigenvalue weighted by atomic mass is 35.5. The molecule has 1 aliphatic rings. The van der Waals surface area contributed by atoms with Crippen LogP contribution in [0.5, 0.6) is 5.75 Å². The van der Waals surface area contributed by atoms with Gasteiger partial charge in [0.1, 0.15) is 11.9 Å². The van der Waals surface area contributed by atoms with Gasteiger partial charge >= 0.3 is 6.18 Å². The number of alkyl halides is 3. The van der Waals surface area contributed by atoms with Crippen molar-refractivity contribution >= 4 is 12.4 Å². The molecule has 0 aromatic heterocycles. The van der Waals surface area contributed by atoms with Crippen molar-refractivity contribution in [1.82, 2.24) is 4.90 Å². The van der Waals surface area contributed by atoms with E-state index in [4.69, 9.17) is 4.74 Å². The highest BCUT2D eigenvalue weighted by Crippen LogP contribution is 2.32. The molecule has 0 aliphatic carbocycles. The van der Waals surface area contributed by atoms with Gasteiger partial charge in [-0.05, 0) is 48.9 Å². The Balaban J connectivity index is 0.00000208. The molecule has 24 heavy (non-hydrogen) atoms. The predicted octanol–water partition coefficient (Wildman–Crippen LogP) is 4.74. The topological polar surface area (TPSA) is 12.5 Å². The van der Waals surface area contributed by atoms with E-state index in [1.807, 2.05) is 25.2 Å². The molecule has 0 radical (unpaired) electrons. The van der Waals surface area contributed by atoms with Crippen LogP contribution in [-0.4, -0.2) is 25.0 Å². The molecule has 0 spiro atoms. The number of rotatable bonds is 2. The average Bonchev–Trinajstić information content (AvgIpc) is 2.67. The number of ether oxygens (including phenoxy) is 1. The van der Waals surface area contributed by atoms with Gasteiger partial charge in [-0.25, -0.2) is 0 Å². The van der Waals surface area contributed by atoms with Crippen LogP contribution >= 0.6 is 12.4 Å². The lowest BCUT2D eigenvalue weighted by molar-refractivity contribution is -0.137. The summed E-state index contributed by atoms with van der Waals surface area (Å²) in [5.74, 6) is 0.452. The van der Waals surface area contributed by atoms with Gasteiger partial charge in [-0.2, -0.15) is 13.2 Å². The molecule has 1 unspecified atom stereocenters. The van der Waals surface area contributed by atoms with Gasteiger partial charge in [-0.15, -0.1) is 12.4 Å². The summed E-state index contributed by atoms with van der Waals surface area (Å²) >= 11 is 0. The number of nitrogens with zero attached hydrogens (tertiary/aromatic N) is 1. The van der Waals surface area contributed by atoms with Crippen LogP contribution in [-0.2, 0) is 12.6 Å². The lowest BCUT2D eigenvalue weighted by atomic mass is 10.0. The maximum atomic E-state index is 12.6. The van der Waals surface area contributed by atoms with Gasteiger partial charge in [0, 0.05) is 13.1 Å². The molecule has 2 aromatic carbocycles. The first-order chi connectivity index (χ1) is 10.9. The molecular weight excluding hydrogens is 339 g/mol. The van der Waals surface area contributed by atoms with Crippen LogP contribution in [0, 0.1) is 0 Å². The van der Waals surface area contributed by atoms with Crippen molar-refractivity contribution in [2.24, 2.45) is 0 Å². The van der Waals surface area contributed by atoms with Crippen LogP contribution in [0.25, 0.3) is 0 Å². The number of halogens is 4. The monoisotopic (exact) mass is 357 g/mol. The fourth-order valence-corrected chi connectivity index (χ4v) is 2.85. The van der Waals surface area contributed by atoms with Crippen molar-refractivity contribution in [2.45, 2.75) is 18.7 Å². The number of hydrogen-bond donors (Lipinski definition) is 0. The molecule has 0 N–H and O–H groups in total. The molecule has 0 saturated carbocycles. The fraction of sp³-hybridized carbons (Fsp3) is 0.333. The Morgan fingerprint density at radius 1 is 1.04 bits per heavy atom. The third-order valence-corrected chi connectivity index (χ3v) is 4.10. The van der Waals surface area contributed by atoms with E-state index in [-0.39, 0.29) is 18.5 Å². The van der Waals surface area contributed by atoms with E-state index in [9.17, 15) is 13.2 Å². The summed E-state index contributed by atoms with van der Waals surface area (Å²) in [7, 11) is 2.02. The zero-order chi connectivity index (χ0) is 16.4. The first-order valence-electron chi connectivity index (χ1n) is 7.54. The third kappa shape index (κ3) is 4.22. The minimum Gasteiger partial charge on any atom is -0.484 e. The summed E-state index contributed by atoms with van der Waals surface area (Å²) in [5.41, 5.74) is 1.67. The summed E-state index contributed by atoms with van der Waals surface area (Å²) < 4.78 is 43.9. The van der Waals surface area contributed by atoms with Crippen molar-refractivity contribution < 1.29 is 17.9 Å². The quantitative estimate of drug-likeness (QED) is 0.770. The number of likely N-dealkylation sites (N-methyl/N-ethyl adjacent to an activating group) is 1. The van der Waals surface area contributed by atoms with Crippen LogP contribution in [0.1, 0.15) is 22.8 Å². The van der Waals surface area contributed by atoms with Crippen LogP contribution in [0.3, 0.4) is 0 Å². The van der Waals surface area contributed by atoms with Crippen molar-refractivity contribution in [3.63, 3.8) is 0 Å². The first-order valence-corrected chi connectivity index (χ1v) is 7.54. The van der Waals surface area contributed by atoms with Gasteiger partial charge in [0.05, 0.1) is 5.56 Å². The lowest BCUT2D eigenvalue weighted by Crippen LogP contribution is -2.26. The fourth-order valence-electron chi connectivity index (χ4n) is 2.85. The summed E-state index contributed by atoms with van der Waals surface area (Å²) in [6.45, 7) is 1.64. The number of fused-ring (bicyclic) bond motifs is 1. The van der Waals surface area contributed by atoms with E-state index in [2.05, 4.69) is 11.0 Å². The Bertz CT molecular complexity index is 673. The molecule has 130 valence electrons. The second-order valence-corrected chi connectivity index (χ2v) is 5.84. The van der Waals surface area contributed by atoms with Gasteiger partial charge < -0.3 is 9.64 Å². The summed E-state index contributed by atoms with van der Waals surface area (Å²) in [6, 6.07) is 13.0. The normalized spacial score (nSPS) is 18.2. The van der Waals surface area contributed by atoms with Gasteiger partial charge in [0.25, 0.3) is 0 Å². The minimum atomic E-state index is -4.33.